The van der Waals surface area contributed by atoms with Crippen LogP contribution in [0.2, 0.25) is 5.02 Å². The summed E-state index contributed by atoms with van der Waals surface area (Å²) in [6.07, 6.45) is 1.48. The number of amides is 1. The number of ether oxygens (including phenoxy) is 2. The molecule has 0 aromatic heterocycles. The van der Waals surface area contributed by atoms with E-state index in [1.165, 1.54) is 4.90 Å². The Labute approximate surface area is 153 Å². The molecule has 0 saturated carbocycles. The number of carbonyl (C=O) groups excluding carboxylic acids is 2. The van der Waals surface area contributed by atoms with Crippen LogP contribution in [0.3, 0.4) is 0 Å². The highest BCUT2D eigenvalue weighted by atomic mass is 35.5. The molecule has 2 rings (SSSR count). The van der Waals surface area contributed by atoms with Crippen molar-refractivity contribution in [1.82, 2.24) is 0 Å². The van der Waals surface area contributed by atoms with E-state index < -0.39 is 0 Å². The van der Waals surface area contributed by atoms with Crippen LogP contribution in [0.15, 0.2) is 18.2 Å². The fourth-order valence-corrected chi connectivity index (χ4v) is 3.29. The molecule has 1 atom stereocenters. The lowest BCUT2D eigenvalue weighted by Gasteiger charge is -2.31. The molecule has 1 heterocycles. The minimum Gasteiger partial charge on any atom is -0.495 e. The molecule has 6 nitrogen and oxygen atoms in total. The van der Waals surface area contributed by atoms with E-state index in [1.807, 2.05) is 13.8 Å². The van der Waals surface area contributed by atoms with Crippen LogP contribution in [0.4, 0.5) is 5.69 Å². The van der Waals surface area contributed by atoms with Gasteiger partial charge in [0.1, 0.15) is 5.75 Å². The fourth-order valence-electron chi connectivity index (χ4n) is 3.12. The first kappa shape index (κ1) is 19.5. The molecular formula is C18H26ClN2O4+. The van der Waals surface area contributed by atoms with Gasteiger partial charge in [-0.1, -0.05) is 11.6 Å². The summed E-state index contributed by atoms with van der Waals surface area (Å²) in [4.78, 5) is 25.6. The summed E-state index contributed by atoms with van der Waals surface area (Å²) in [6.45, 7) is 5.66. The third-order valence-corrected chi connectivity index (χ3v) is 4.91. The van der Waals surface area contributed by atoms with Crippen LogP contribution < -0.4 is 15.0 Å². The molecule has 0 bridgehead atoms. The monoisotopic (exact) mass is 369 g/mol. The van der Waals surface area contributed by atoms with Gasteiger partial charge in [-0.05, 0) is 32.0 Å². The summed E-state index contributed by atoms with van der Waals surface area (Å²) in [7, 11) is 1.55. The standard InChI is InChI=1S/C18H25ClN2O4/c1-4-25-18(23)13-7-9-21(10-8-13)12(2)17(22)20-15-11-14(19)5-6-16(15)24-3/h5-6,11-13H,4,7-10H2,1-3H3,(H,20,22)/p+1/t12-/m0/s1. The average Bonchev–Trinajstić information content (AvgIpc) is 2.61. The highest BCUT2D eigenvalue weighted by Crippen LogP contribution is 2.27. The lowest BCUT2D eigenvalue weighted by molar-refractivity contribution is -0.919. The maximum Gasteiger partial charge on any atom is 0.309 e. The van der Waals surface area contributed by atoms with Crippen molar-refractivity contribution in [2.75, 3.05) is 32.1 Å². The molecule has 0 unspecified atom stereocenters. The maximum atomic E-state index is 12.6. The largest absolute Gasteiger partial charge is 0.495 e. The van der Waals surface area contributed by atoms with Crippen LogP contribution in [-0.4, -0.2) is 44.7 Å². The van der Waals surface area contributed by atoms with E-state index in [9.17, 15) is 9.59 Å². The molecule has 2 N–H and O–H groups in total. The molecule has 0 spiro atoms. The first-order chi connectivity index (χ1) is 12.0. The van der Waals surface area contributed by atoms with Gasteiger partial charge >= 0.3 is 5.97 Å². The predicted molar refractivity (Wildman–Crippen MR) is 96.1 cm³/mol. The van der Waals surface area contributed by atoms with Gasteiger partial charge in [-0.15, -0.1) is 0 Å². The van der Waals surface area contributed by atoms with E-state index in [-0.39, 0.29) is 23.8 Å². The predicted octanol–water partition coefficient (Wildman–Crippen LogP) is 1.53. The molecule has 1 aromatic rings. The lowest BCUT2D eigenvalue weighted by Crippen LogP contribution is -3.17. The molecule has 138 valence electrons. The summed E-state index contributed by atoms with van der Waals surface area (Å²) in [5.74, 6) is 0.306. The van der Waals surface area contributed by atoms with Gasteiger partial charge in [0.25, 0.3) is 5.91 Å². The van der Waals surface area contributed by atoms with Crippen LogP contribution in [0, 0.1) is 5.92 Å². The van der Waals surface area contributed by atoms with E-state index in [1.54, 1.807) is 25.3 Å². The molecule has 1 aliphatic heterocycles. The van der Waals surface area contributed by atoms with Crippen LogP contribution in [-0.2, 0) is 14.3 Å². The molecule has 1 saturated heterocycles. The number of methoxy groups -OCH3 is 1. The van der Waals surface area contributed by atoms with E-state index in [0.29, 0.717) is 23.1 Å². The van der Waals surface area contributed by atoms with Gasteiger partial charge in [-0.3, -0.25) is 9.59 Å². The van der Waals surface area contributed by atoms with Gasteiger partial charge in [-0.2, -0.15) is 0 Å². The summed E-state index contributed by atoms with van der Waals surface area (Å²) in [6, 6.07) is 4.88. The topological polar surface area (TPSA) is 69.1 Å². The Morgan fingerprint density at radius 2 is 2.04 bits per heavy atom. The summed E-state index contributed by atoms with van der Waals surface area (Å²) in [5.41, 5.74) is 0.563. The number of rotatable bonds is 6. The van der Waals surface area contributed by atoms with E-state index in [0.717, 1.165) is 25.9 Å². The first-order valence-electron chi connectivity index (χ1n) is 8.61. The summed E-state index contributed by atoms with van der Waals surface area (Å²) in [5, 5.41) is 3.43. The second kappa shape index (κ2) is 9.06. The number of benzene rings is 1. The Kier molecular flexibility index (Phi) is 7.08. The Morgan fingerprint density at radius 3 is 2.64 bits per heavy atom. The number of halogens is 1. The average molecular weight is 370 g/mol. The molecule has 25 heavy (non-hydrogen) atoms. The molecule has 0 radical (unpaired) electrons. The van der Waals surface area contributed by atoms with Gasteiger partial charge in [0.15, 0.2) is 6.04 Å². The third kappa shape index (κ3) is 5.09. The highest BCUT2D eigenvalue weighted by molar-refractivity contribution is 6.31. The van der Waals surface area contributed by atoms with Crippen molar-refractivity contribution in [2.45, 2.75) is 32.7 Å². The zero-order valence-corrected chi connectivity index (χ0v) is 15.7. The molecule has 0 aliphatic carbocycles. The number of esters is 1. The lowest BCUT2D eigenvalue weighted by atomic mass is 9.96. The minimum absolute atomic E-state index is 0.0491. The number of anilines is 1. The van der Waals surface area contributed by atoms with Crippen molar-refractivity contribution in [3.8, 4) is 5.75 Å². The number of piperidine rings is 1. The Hall–Kier alpha value is -1.79. The molecule has 1 aliphatic rings. The number of nitrogens with one attached hydrogen (secondary N) is 2. The summed E-state index contributed by atoms with van der Waals surface area (Å²) < 4.78 is 10.3. The number of carbonyl (C=O) groups is 2. The normalized spacial score (nSPS) is 21.3. The first-order valence-corrected chi connectivity index (χ1v) is 8.99. The zero-order chi connectivity index (χ0) is 18.4. The smallest absolute Gasteiger partial charge is 0.309 e. The van der Waals surface area contributed by atoms with E-state index in [2.05, 4.69) is 5.32 Å². The maximum absolute atomic E-state index is 12.6. The molecular weight excluding hydrogens is 344 g/mol. The number of hydrogen-bond donors (Lipinski definition) is 2. The molecule has 7 heteroatoms. The summed E-state index contributed by atoms with van der Waals surface area (Å²) >= 11 is 6.00. The quantitative estimate of drug-likeness (QED) is 0.746. The van der Waals surface area contributed by atoms with Crippen LogP contribution >= 0.6 is 11.6 Å². The van der Waals surface area contributed by atoms with Gasteiger partial charge in [0.2, 0.25) is 0 Å². The number of hydrogen-bond acceptors (Lipinski definition) is 4. The van der Waals surface area contributed by atoms with Crippen LogP contribution in [0.5, 0.6) is 5.75 Å². The fraction of sp³-hybridized carbons (Fsp3) is 0.556. The molecule has 1 aromatic carbocycles. The van der Waals surface area contributed by atoms with Crippen molar-refractivity contribution >= 4 is 29.2 Å². The zero-order valence-electron chi connectivity index (χ0n) is 14.9. The van der Waals surface area contributed by atoms with Crippen molar-refractivity contribution < 1.29 is 24.0 Å². The number of quaternary nitrogens is 1. The molecule has 1 amide bonds. The van der Waals surface area contributed by atoms with Gasteiger partial charge in [-0.25, -0.2) is 0 Å². The van der Waals surface area contributed by atoms with Gasteiger partial charge in [0, 0.05) is 17.9 Å². The van der Waals surface area contributed by atoms with E-state index in [4.69, 9.17) is 21.1 Å². The van der Waals surface area contributed by atoms with Crippen molar-refractivity contribution in [2.24, 2.45) is 5.92 Å². The minimum atomic E-state index is -0.230. The second-order valence-corrected chi connectivity index (χ2v) is 6.68. The van der Waals surface area contributed by atoms with Crippen LogP contribution in [0.25, 0.3) is 0 Å². The highest BCUT2D eigenvalue weighted by Gasteiger charge is 2.33. The van der Waals surface area contributed by atoms with Crippen LogP contribution in [0.1, 0.15) is 26.7 Å². The Balaban J connectivity index is 1.93. The SMILES string of the molecule is CCOC(=O)C1CC[NH+]([C@@H](C)C(=O)Nc2cc(Cl)ccc2OC)CC1. The molecule has 1 fully saturated rings. The Bertz CT molecular complexity index is 615. The second-order valence-electron chi connectivity index (χ2n) is 6.24. The third-order valence-electron chi connectivity index (χ3n) is 4.67. The van der Waals surface area contributed by atoms with Crippen molar-refractivity contribution in [1.29, 1.82) is 0 Å². The number of likely N-dealkylation sites (tertiary alicyclic amines) is 1. The Morgan fingerprint density at radius 1 is 1.36 bits per heavy atom. The van der Waals surface area contributed by atoms with Gasteiger partial charge < -0.3 is 19.7 Å². The van der Waals surface area contributed by atoms with Gasteiger partial charge in [0.05, 0.1) is 38.4 Å². The van der Waals surface area contributed by atoms with Crippen molar-refractivity contribution in [3.05, 3.63) is 23.2 Å². The van der Waals surface area contributed by atoms with E-state index >= 15 is 0 Å². The van der Waals surface area contributed by atoms with Crippen molar-refractivity contribution in [3.63, 3.8) is 0 Å².